The van der Waals surface area contributed by atoms with Crippen LogP contribution in [0.5, 0.6) is 5.75 Å². The van der Waals surface area contributed by atoms with Crippen molar-refractivity contribution >= 4 is 39.2 Å². The number of rotatable bonds is 5. The molecule has 1 aliphatic rings. The van der Waals surface area contributed by atoms with Gasteiger partial charge >= 0.3 is 5.97 Å². The van der Waals surface area contributed by atoms with Crippen LogP contribution in [0, 0.1) is 5.92 Å². The van der Waals surface area contributed by atoms with Crippen LogP contribution in [0.4, 0.5) is 0 Å². The molecule has 0 atom stereocenters. The summed E-state index contributed by atoms with van der Waals surface area (Å²) in [6.07, 6.45) is 0.816. The molecule has 0 unspecified atom stereocenters. The minimum atomic E-state index is -3.41. The Kier molecular flexibility index (Phi) is 6.42. The van der Waals surface area contributed by atoms with Gasteiger partial charge in [0.15, 0.2) is 5.75 Å². The largest absolute Gasteiger partial charge is 0.425 e. The number of ether oxygens (including phenoxy) is 1. The fourth-order valence-corrected chi connectivity index (χ4v) is 4.89. The molecule has 1 saturated heterocycles. The zero-order chi connectivity index (χ0) is 19.4. The monoisotopic (exact) mass is 427 g/mol. The molecule has 0 N–H and O–H groups in total. The molecule has 0 amide bonds. The van der Waals surface area contributed by atoms with Crippen LogP contribution in [0.15, 0.2) is 48.5 Å². The molecule has 3 rings (SSSR count). The van der Waals surface area contributed by atoms with Gasteiger partial charge in [0, 0.05) is 13.1 Å². The zero-order valence-electron chi connectivity index (χ0n) is 14.5. The lowest BCUT2D eigenvalue weighted by atomic mass is 9.98. The van der Waals surface area contributed by atoms with Crippen molar-refractivity contribution in [3.8, 4) is 5.75 Å². The number of carbonyl (C=O) groups is 1. The van der Waals surface area contributed by atoms with Gasteiger partial charge in [-0.15, -0.1) is 0 Å². The molecule has 0 saturated carbocycles. The van der Waals surface area contributed by atoms with E-state index < -0.39 is 16.0 Å². The third-order valence-corrected chi connectivity index (χ3v) is 7.15. The van der Waals surface area contributed by atoms with E-state index in [1.807, 2.05) is 18.2 Å². The van der Waals surface area contributed by atoms with Crippen LogP contribution in [0.2, 0.25) is 10.0 Å². The first-order valence-corrected chi connectivity index (χ1v) is 10.9. The summed E-state index contributed by atoms with van der Waals surface area (Å²) in [6.45, 7) is 0.580. The minimum Gasteiger partial charge on any atom is -0.425 e. The van der Waals surface area contributed by atoms with Crippen molar-refractivity contribution in [2.45, 2.75) is 18.6 Å². The van der Waals surface area contributed by atoms with Crippen molar-refractivity contribution in [1.29, 1.82) is 0 Å². The molecule has 2 aromatic rings. The Bertz CT molecular complexity index is 911. The molecule has 144 valence electrons. The van der Waals surface area contributed by atoms with Crippen molar-refractivity contribution < 1.29 is 17.9 Å². The minimum absolute atomic E-state index is 0.0406. The molecule has 0 radical (unpaired) electrons. The molecule has 27 heavy (non-hydrogen) atoms. The van der Waals surface area contributed by atoms with Gasteiger partial charge in [0.1, 0.15) is 5.02 Å². The van der Waals surface area contributed by atoms with Crippen LogP contribution in [0.25, 0.3) is 0 Å². The van der Waals surface area contributed by atoms with E-state index >= 15 is 0 Å². The Morgan fingerprint density at radius 3 is 2.37 bits per heavy atom. The number of hydrogen-bond donors (Lipinski definition) is 0. The first-order chi connectivity index (χ1) is 12.9. The molecular weight excluding hydrogens is 409 g/mol. The van der Waals surface area contributed by atoms with Crippen LogP contribution in [0.3, 0.4) is 0 Å². The first kappa shape index (κ1) is 20.1. The Hall–Kier alpha value is -1.60. The standard InChI is InChI=1S/C19H19Cl2NO4S/c20-16-7-4-8-17(18(16)21)26-19(23)15-9-11-22(12-10-15)27(24,25)13-14-5-2-1-3-6-14/h1-8,15H,9-13H2. The quantitative estimate of drug-likeness (QED) is 0.531. The highest BCUT2D eigenvalue weighted by atomic mass is 35.5. The number of halogens is 2. The number of carbonyl (C=O) groups excluding carboxylic acids is 1. The molecule has 1 fully saturated rings. The van der Waals surface area contributed by atoms with Crippen LogP contribution >= 0.6 is 23.2 Å². The van der Waals surface area contributed by atoms with Crippen LogP contribution < -0.4 is 4.74 Å². The molecule has 0 spiro atoms. The van der Waals surface area contributed by atoms with E-state index in [0.717, 1.165) is 5.56 Å². The smallest absolute Gasteiger partial charge is 0.314 e. The predicted molar refractivity (Wildman–Crippen MR) is 105 cm³/mol. The van der Waals surface area contributed by atoms with Crippen molar-refractivity contribution in [2.24, 2.45) is 5.92 Å². The molecular formula is C19H19Cl2NO4S. The van der Waals surface area contributed by atoms with E-state index in [1.54, 1.807) is 30.3 Å². The normalized spacial score (nSPS) is 16.2. The maximum Gasteiger partial charge on any atom is 0.314 e. The maximum absolute atomic E-state index is 12.6. The first-order valence-electron chi connectivity index (χ1n) is 8.54. The molecule has 8 heteroatoms. The van der Waals surface area contributed by atoms with Gasteiger partial charge in [-0.25, -0.2) is 12.7 Å². The van der Waals surface area contributed by atoms with Gasteiger partial charge in [-0.2, -0.15) is 0 Å². The average Bonchev–Trinajstić information content (AvgIpc) is 2.66. The van der Waals surface area contributed by atoms with Crippen LogP contribution in [-0.2, 0) is 20.6 Å². The predicted octanol–water partition coefficient (Wildman–Crippen LogP) is 4.14. The summed E-state index contributed by atoms with van der Waals surface area (Å²) < 4.78 is 32.0. The van der Waals surface area contributed by atoms with E-state index in [1.165, 1.54) is 4.31 Å². The highest BCUT2D eigenvalue weighted by Crippen LogP contribution is 2.32. The van der Waals surface area contributed by atoms with Gasteiger partial charge in [0.05, 0.1) is 16.7 Å². The van der Waals surface area contributed by atoms with Gasteiger partial charge in [-0.05, 0) is 30.5 Å². The number of nitrogens with zero attached hydrogens (tertiary/aromatic N) is 1. The van der Waals surface area contributed by atoms with Gasteiger partial charge in [0.25, 0.3) is 0 Å². The second kappa shape index (κ2) is 8.61. The molecule has 0 aromatic heterocycles. The van der Waals surface area contributed by atoms with Gasteiger partial charge in [-0.3, -0.25) is 4.79 Å². The lowest BCUT2D eigenvalue weighted by molar-refractivity contribution is -0.140. The topological polar surface area (TPSA) is 63.7 Å². The number of esters is 1. The van der Waals surface area contributed by atoms with Crippen molar-refractivity contribution in [3.63, 3.8) is 0 Å². The van der Waals surface area contributed by atoms with Crippen LogP contribution in [-0.4, -0.2) is 31.8 Å². The van der Waals surface area contributed by atoms with Gasteiger partial charge in [0.2, 0.25) is 10.0 Å². The third kappa shape index (κ3) is 5.02. The fraction of sp³-hybridized carbons (Fsp3) is 0.316. The number of piperidine rings is 1. The van der Waals surface area contributed by atoms with E-state index in [9.17, 15) is 13.2 Å². The fourth-order valence-electron chi connectivity index (χ4n) is 3.00. The van der Waals surface area contributed by atoms with E-state index in [2.05, 4.69) is 0 Å². The molecule has 0 aliphatic carbocycles. The Morgan fingerprint density at radius 2 is 1.70 bits per heavy atom. The SMILES string of the molecule is O=C(Oc1cccc(Cl)c1Cl)C1CCN(S(=O)(=O)Cc2ccccc2)CC1. The summed E-state index contributed by atoms with van der Waals surface area (Å²) >= 11 is 12.0. The maximum atomic E-state index is 12.6. The number of hydrogen-bond acceptors (Lipinski definition) is 4. The molecule has 1 heterocycles. The highest BCUT2D eigenvalue weighted by molar-refractivity contribution is 7.88. The summed E-state index contributed by atoms with van der Waals surface area (Å²) in [5, 5.41) is 0.499. The Morgan fingerprint density at radius 1 is 1.04 bits per heavy atom. The number of sulfonamides is 1. The third-order valence-electron chi connectivity index (χ3n) is 4.50. The van der Waals surface area contributed by atoms with Crippen molar-refractivity contribution in [2.75, 3.05) is 13.1 Å². The second-order valence-electron chi connectivity index (χ2n) is 6.39. The Balaban J connectivity index is 1.58. The highest BCUT2D eigenvalue weighted by Gasteiger charge is 2.32. The average molecular weight is 428 g/mol. The van der Waals surface area contributed by atoms with Crippen LogP contribution in [0.1, 0.15) is 18.4 Å². The molecule has 1 aliphatic heterocycles. The Labute approximate surface area is 168 Å². The molecule has 5 nitrogen and oxygen atoms in total. The molecule has 0 bridgehead atoms. The summed E-state index contributed by atoms with van der Waals surface area (Å²) in [7, 11) is -3.41. The van der Waals surface area contributed by atoms with E-state index in [4.69, 9.17) is 27.9 Å². The van der Waals surface area contributed by atoms with Crippen molar-refractivity contribution in [3.05, 3.63) is 64.1 Å². The van der Waals surface area contributed by atoms with E-state index in [0.29, 0.717) is 17.9 Å². The summed E-state index contributed by atoms with van der Waals surface area (Å²) in [4.78, 5) is 12.4. The lowest BCUT2D eigenvalue weighted by Gasteiger charge is -2.30. The summed E-state index contributed by atoms with van der Waals surface area (Å²) in [5.41, 5.74) is 0.745. The van der Waals surface area contributed by atoms with Gasteiger partial charge < -0.3 is 4.74 Å². The lowest BCUT2D eigenvalue weighted by Crippen LogP contribution is -2.41. The second-order valence-corrected chi connectivity index (χ2v) is 9.14. The summed E-state index contributed by atoms with van der Waals surface area (Å²) in [5.74, 6) is -0.614. The van der Waals surface area contributed by atoms with Gasteiger partial charge in [-0.1, -0.05) is 59.6 Å². The molecule has 2 aromatic carbocycles. The van der Waals surface area contributed by atoms with E-state index in [-0.39, 0.29) is 35.5 Å². The number of benzene rings is 2. The zero-order valence-corrected chi connectivity index (χ0v) is 16.8. The summed E-state index contributed by atoms with van der Waals surface area (Å²) in [6, 6.07) is 13.9. The van der Waals surface area contributed by atoms with Crippen molar-refractivity contribution in [1.82, 2.24) is 4.31 Å².